The Morgan fingerprint density at radius 3 is 2.68 bits per heavy atom. The number of fused-ring (bicyclic) bond motifs is 1. The molecule has 0 amide bonds. The zero-order chi connectivity index (χ0) is 13.1. The molecule has 0 bridgehead atoms. The van der Waals surface area contributed by atoms with E-state index in [1.807, 2.05) is 0 Å². The number of hydrogen-bond donors (Lipinski definition) is 1. The molecule has 0 aromatic rings. The number of nitrogens with zero attached hydrogens (tertiary/aromatic N) is 2. The number of rotatable bonds is 4. The Bertz CT molecular complexity index is 275. The Hall–Kier alpha value is -0.120. The van der Waals surface area contributed by atoms with Crippen molar-refractivity contribution < 1.29 is 0 Å². The summed E-state index contributed by atoms with van der Waals surface area (Å²) in [5.41, 5.74) is 0. The van der Waals surface area contributed by atoms with Crippen LogP contribution in [0, 0.1) is 5.92 Å². The Morgan fingerprint density at radius 1 is 1.00 bits per heavy atom. The summed E-state index contributed by atoms with van der Waals surface area (Å²) in [4.78, 5) is 5.32. The number of hydrogen-bond acceptors (Lipinski definition) is 3. The molecule has 3 rings (SSSR count). The van der Waals surface area contributed by atoms with E-state index >= 15 is 0 Å². The largest absolute Gasteiger partial charge is 0.313 e. The van der Waals surface area contributed by atoms with E-state index < -0.39 is 0 Å². The van der Waals surface area contributed by atoms with Crippen LogP contribution in [0.3, 0.4) is 0 Å². The maximum absolute atomic E-state index is 3.76. The monoisotopic (exact) mass is 265 g/mol. The van der Waals surface area contributed by atoms with Crippen LogP contribution in [0.4, 0.5) is 0 Å². The predicted molar refractivity (Wildman–Crippen MR) is 80.5 cm³/mol. The molecule has 3 aliphatic rings. The molecule has 2 saturated heterocycles. The molecule has 1 aliphatic carbocycles. The number of likely N-dealkylation sites (tertiary alicyclic amines) is 2. The van der Waals surface area contributed by atoms with Gasteiger partial charge in [0.05, 0.1) is 0 Å². The van der Waals surface area contributed by atoms with Crippen molar-refractivity contribution in [2.24, 2.45) is 5.92 Å². The standard InChI is InChI=1S/C16H31N3/c1-18-10-4-5-14-13-19(11-8-16(14)18)12-9-17-15-6-2-3-7-15/h14-17H,2-13H2,1H3. The lowest BCUT2D eigenvalue weighted by molar-refractivity contribution is 0.0389. The van der Waals surface area contributed by atoms with Gasteiger partial charge in [-0.2, -0.15) is 0 Å². The van der Waals surface area contributed by atoms with Crippen LogP contribution in [0.2, 0.25) is 0 Å². The summed E-state index contributed by atoms with van der Waals surface area (Å²) >= 11 is 0. The van der Waals surface area contributed by atoms with Gasteiger partial charge in [0.1, 0.15) is 0 Å². The predicted octanol–water partition coefficient (Wildman–Crippen LogP) is 1.93. The van der Waals surface area contributed by atoms with Crippen LogP contribution in [0.25, 0.3) is 0 Å². The van der Waals surface area contributed by atoms with Crippen LogP contribution >= 0.6 is 0 Å². The highest BCUT2D eigenvalue weighted by atomic mass is 15.2. The van der Waals surface area contributed by atoms with Crippen molar-refractivity contribution in [3.63, 3.8) is 0 Å². The van der Waals surface area contributed by atoms with Gasteiger partial charge in [0.25, 0.3) is 0 Å². The summed E-state index contributed by atoms with van der Waals surface area (Å²) in [7, 11) is 2.33. The Balaban J connectivity index is 1.38. The zero-order valence-corrected chi connectivity index (χ0v) is 12.6. The molecule has 0 spiro atoms. The molecule has 1 N–H and O–H groups in total. The average Bonchev–Trinajstić information content (AvgIpc) is 2.92. The second-order valence-corrected chi connectivity index (χ2v) is 6.98. The quantitative estimate of drug-likeness (QED) is 0.838. The summed E-state index contributed by atoms with van der Waals surface area (Å²) in [6, 6.07) is 1.71. The lowest BCUT2D eigenvalue weighted by atomic mass is 9.84. The van der Waals surface area contributed by atoms with Crippen molar-refractivity contribution in [2.75, 3.05) is 39.8 Å². The highest BCUT2D eigenvalue weighted by molar-refractivity contribution is 4.89. The van der Waals surface area contributed by atoms with Crippen molar-refractivity contribution in [3.05, 3.63) is 0 Å². The van der Waals surface area contributed by atoms with E-state index in [1.165, 1.54) is 77.7 Å². The normalized spacial score (nSPS) is 34.6. The topological polar surface area (TPSA) is 18.5 Å². The van der Waals surface area contributed by atoms with Crippen LogP contribution in [0.5, 0.6) is 0 Å². The smallest absolute Gasteiger partial charge is 0.0145 e. The number of nitrogens with one attached hydrogen (secondary N) is 1. The summed E-state index contributed by atoms with van der Waals surface area (Å²) in [6.07, 6.45) is 9.97. The molecule has 110 valence electrons. The molecular weight excluding hydrogens is 234 g/mol. The van der Waals surface area contributed by atoms with Gasteiger partial charge in [-0.1, -0.05) is 12.8 Å². The first-order chi connectivity index (χ1) is 9.33. The van der Waals surface area contributed by atoms with E-state index in [4.69, 9.17) is 0 Å². The third-order valence-corrected chi connectivity index (χ3v) is 5.65. The Labute approximate surface area is 118 Å². The molecular formula is C16H31N3. The van der Waals surface area contributed by atoms with Crippen molar-refractivity contribution in [3.8, 4) is 0 Å². The molecule has 3 nitrogen and oxygen atoms in total. The Morgan fingerprint density at radius 2 is 1.84 bits per heavy atom. The first-order valence-corrected chi connectivity index (χ1v) is 8.49. The summed E-state index contributed by atoms with van der Waals surface area (Å²) < 4.78 is 0. The summed E-state index contributed by atoms with van der Waals surface area (Å²) in [6.45, 7) is 6.46. The molecule has 3 fully saturated rings. The average molecular weight is 265 g/mol. The lowest BCUT2D eigenvalue weighted by Crippen LogP contribution is -2.53. The molecule has 0 aromatic carbocycles. The van der Waals surface area contributed by atoms with Gasteiger partial charge in [-0.05, 0) is 58.2 Å². The lowest BCUT2D eigenvalue weighted by Gasteiger charge is -2.46. The highest BCUT2D eigenvalue weighted by Gasteiger charge is 2.33. The fourth-order valence-corrected chi connectivity index (χ4v) is 4.49. The molecule has 0 aromatic heterocycles. The minimum atomic E-state index is 0.832. The molecule has 2 aliphatic heterocycles. The molecule has 2 heterocycles. The maximum Gasteiger partial charge on any atom is 0.0145 e. The number of piperidine rings is 2. The fraction of sp³-hybridized carbons (Fsp3) is 1.00. The third-order valence-electron chi connectivity index (χ3n) is 5.65. The van der Waals surface area contributed by atoms with Crippen LogP contribution in [-0.4, -0.2) is 61.7 Å². The van der Waals surface area contributed by atoms with Crippen LogP contribution in [0.15, 0.2) is 0 Å². The van der Waals surface area contributed by atoms with Gasteiger partial charge in [0, 0.05) is 31.7 Å². The Kier molecular flexibility index (Phi) is 4.78. The van der Waals surface area contributed by atoms with Gasteiger partial charge >= 0.3 is 0 Å². The van der Waals surface area contributed by atoms with Crippen LogP contribution in [-0.2, 0) is 0 Å². The van der Waals surface area contributed by atoms with Gasteiger partial charge in [-0.3, -0.25) is 0 Å². The first kappa shape index (κ1) is 13.8. The van der Waals surface area contributed by atoms with E-state index in [0.29, 0.717) is 0 Å². The maximum atomic E-state index is 3.76. The third kappa shape index (κ3) is 3.50. The van der Waals surface area contributed by atoms with Gasteiger partial charge in [-0.25, -0.2) is 0 Å². The minimum absolute atomic E-state index is 0.832. The molecule has 19 heavy (non-hydrogen) atoms. The van der Waals surface area contributed by atoms with Crippen LogP contribution < -0.4 is 5.32 Å². The van der Waals surface area contributed by atoms with Crippen molar-refractivity contribution in [2.45, 2.75) is 57.0 Å². The molecule has 0 radical (unpaired) electrons. The second kappa shape index (κ2) is 6.55. The van der Waals surface area contributed by atoms with E-state index in [1.54, 1.807) is 0 Å². The van der Waals surface area contributed by atoms with E-state index in [0.717, 1.165) is 18.0 Å². The fourth-order valence-electron chi connectivity index (χ4n) is 4.49. The molecule has 2 atom stereocenters. The summed E-state index contributed by atoms with van der Waals surface area (Å²) in [5, 5.41) is 3.76. The van der Waals surface area contributed by atoms with Gasteiger partial charge < -0.3 is 15.1 Å². The minimum Gasteiger partial charge on any atom is -0.313 e. The van der Waals surface area contributed by atoms with Crippen LogP contribution in [0.1, 0.15) is 44.9 Å². The van der Waals surface area contributed by atoms with Gasteiger partial charge in [-0.15, -0.1) is 0 Å². The van der Waals surface area contributed by atoms with Crippen molar-refractivity contribution >= 4 is 0 Å². The first-order valence-electron chi connectivity index (χ1n) is 8.49. The molecule has 3 heteroatoms. The molecule has 2 unspecified atom stereocenters. The summed E-state index contributed by atoms with van der Waals surface area (Å²) in [5.74, 6) is 0.944. The molecule has 1 saturated carbocycles. The van der Waals surface area contributed by atoms with Gasteiger partial charge in [0.15, 0.2) is 0 Å². The highest BCUT2D eigenvalue weighted by Crippen LogP contribution is 2.29. The van der Waals surface area contributed by atoms with Crippen molar-refractivity contribution in [1.29, 1.82) is 0 Å². The van der Waals surface area contributed by atoms with E-state index in [9.17, 15) is 0 Å². The SMILES string of the molecule is CN1CCCC2CN(CCNC3CCCC3)CCC21. The second-order valence-electron chi connectivity index (χ2n) is 6.98. The zero-order valence-electron chi connectivity index (χ0n) is 12.6. The van der Waals surface area contributed by atoms with Gasteiger partial charge in [0.2, 0.25) is 0 Å². The van der Waals surface area contributed by atoms with Crippen molar-refractivity contribution in [1.82, 2.24) is 15.1 Å². The van der Waals surface area contributed by atoms with E-state index in [-0.39, 0.29) is 0 Å². The van der Waals surface area contributed by atoms with E-state index in [2.05, 4.69) is 22.2 Å².